The summed E-state index contributed by atoms with van der Waals surface area (Å²) in [5.74, 6) is -1.12. The number of hydrogen-bond donors (Lipinski definition) is 0. The van der Waals surface area contributed by atoms with Crippen LogP contribution in [0.25, 0.3) is 10.6 Å². The minimum Gasteiger partial charge on any atom is -0.241 e. The molecule has 0 amide bonds. The van der Waals surface area contributed by atoms with Gasteiger partial charge < -0.3 is 0 Å². The van der Waals surface area contributed by atoms with Gasteiger partial charge in [-0.3, -0.25) is 0 Å². The summed E-state index contributed by atoms with van der Waals surface area (Å²) in [6, 6.07) is 3.85. The zero-order chi connectivity index (χ0) is 11.5. The first-order valence-corrected chi connectivity index (χ1v) is 5.99. The molecule has 0 saturated heterocycles. The molecule has 1 heterocycles. The molecule has 84 valence electrons. The Kier molecular flexibility index (Phi) is 3.29. The summed E-state index contributed by atoms with van der Waals surface area (Å²) in [5.41, 5.74) is 0.875. The SMILES string of the molecule is CCCc1csc(-c2c(F)cccc2F)n1. The third kappa shape index (κ3) is 2.11. The molecule has 1 nitrogen and oxygen atoms in total. The summed E-state index contributed by atoms with van der Waals surface area (Å²) >= 11 is 1.28. The predicted octanol–water partition coefficient (Wildman–Crippen LogP) is 4.04. The second-order valence-electron chi connectivity index (χ2n) is 3.49. The van der Waals surface area contributed by atoms with Gasteiger partial charge in [0.15, 0.2) is 0 Å². The van der Waals surface area contributed by atoms with Crippen LogP contribution in [-0.4, -0.2) is 4.98 Å². The Bertz CT molecular complexity index is 473. The van der Waals surface area contributed by atoms with Gasteiger partial charge in [-0.15, -0.1) is 11.3 Å². The Morgan fingerprint density at radius 2 is 1.94 bits per heavy atom. The highest BCUT2D eigenvalue weighted by atomic mass is 32.1. The lowest BCUT2D eigenvalue weighted by Gasteiger charge is -2.00. The third-order valence-electron chi connectivity index (χ3n) is 2.23. The van der Waals surface area contributed by atoms with Gasteiger partial charge in [-0.2, -0.15) is 0 Å². The zero-order valence-electron chi connectivity index (χ0n) is 8.84. The summed E-state index contributed by atoms with van der Waals surface area (Å²) in [6.45, 7) is 2.04. The monoisotopic (exact) mass is 239 g/mol. The third-order valence-corrected chi connectivity index (χ3v) is 3.14. The van der Waals surface area contributed by atoms with Gasteiger partial charge in [-0.1, -0.05) is 19.4 Å². The van der Waals surface area contributed by atoms with Gasteiger partial charge in [0.05, 0.1) is 11.3 Å². The molecule has 0 bridgehead atoms. The van der Waals surface area contributed by atoms with Crippen LogP contribution < -0.4 is 0 Å². The fourth-order valence-corrected chi connectivity index (χ4v) is 2.40. The van der Waals surface area contributed by atoms with Crippen LogP contribution in [0.15, 0.2) is 23.6 Å². The minimum absolute atomic E-state index is 0.0187. The molecule has 0 N–H and O–H groups in total. The molecule has 0 fully saturated rings. The molecule has 0 unspecified atom stereocenters. The van der Waals surface area contributed by atoms with Gasteiger partial charge in [-0.05, 0) is 18.6 Å². The van der Waals surface area contributed by atoms with Gasteiger partial charge in [0.25, 0.3) is 0 Å². The summed E-state index contributed by atoms with van der Waals surface area (Å²) in [5, 5.41) is 2.27. The van der Waals surface area contributed by atoms with Crippen molar-refractivity contribution in [3.05, 3.63) is 40.9 Å². The molecular weight excluding hydrogens is 228 g/mol. The van der Waals surface area contributed by atoms with Crippen molar-refractivity contribution in [3.8, 4) is 10.6 Å². The van der Waals surface area contributed by atoms with Crippen LogP contribution in [0, 0.1) is 11.6 Å². The number of rotatable bonds is 3. The van der Waals surface area contributed by atoms with E-state index in [0.717, 1.165) is 18.5 Å². The smallest absolute Gasteiger partial charge is 0.136 e. The van der Waals surface area contributed by atoms with Crippen molar-refractivity contribution in [1.82, 2.24) is 4.98 Å². The van der Waals surface area contributed by atoms with Crippen LogP contribution in [0.3, 0.4) is 0 Å². The lowest BCUT2D eigenvalue weighted by molar-refractivity contribution is 0.589. The van der Waals surface area contributed by atoms with Gasteiger partial charge >= 0.3 is 0 Å². The van der Waals surface area contributed by atoms with E-state index in [1.165, 1.54) is 29.5 Å². The molecule has 0 saturated carbocycles. The van der Waals surface area contributed by atoms with Crippen LogP contribution >= 0.6 is 11.3 Å². The van der Waals surface area contributed by atoms with E-state index < -0.39 is 11.6 Å². The van der Waals surface area contributed by atoms with Crippen molar-refractivity contribution in [1.29, 1.82) is 0 Å². The second-order valence-corrected chi connectivity index (χ2v) is 4.35. The largest absolute Gasteiger partial charge is 0.241 e. The Balaban J connectivity index is 2.42. The average Bonchev–Trinajstić information content (AvgIpc) is 2.67. The number of aryl methyl sites for hydroxylation is 1. The molecule has 0 spiro atoms. The van der Waals surface area contributed by atoms with E-state index in [0.29, 0.717) is 5.01 Å². The fourth-order valence-electron chi connectivity index (χ4n) is 1.49. The Morgan fingerprint density at radius 1 is 1.25 bits per heavy atom. The molecule has 0 aliphatic carbocycles. The van der Waals surface area contributed by atoms with E-state index >= 15 is 0 Å². The van der Waals surface area contributed by atoms with Crippen molar-refractivity contribution in [3.63, 3.8) is 0 Å². The van der Waals surface area contributed by atoms with Crippen LogP contribution in [0.4, 0.5) is 8.78 Å². The first kappa shape index (κ1) is 11.2. The molecule has 0 atom stereocenters. The highest BCUT2D eigenvalue weighted by Gasteiger charge is 2.14. The topological polar surface area (TPSA) is 12.9 Å². The molecule has 1 aromatic heterocycles. The van der Waals surface area contributed by atoms with E-state index in [9.17, 15) is 8.78 Å². The Hall–Kier alpha value is -1.29. The Morgan fingerprint density at radius 3 is 2.56 bits per heavy atom. The normalized spacial score (nSPS) is 10.7. The fraction of sp³-hybridized carbons (Fsp3) is 0.250. The van der Waals surface area contributed by atoms with Crippen molar-refractivity contribution >= 4 is 11.3 Å². The maximum absolute atomic E-state index is 13.5. The number of benzene rings is 1. The van der Waals surface area contributed by atoms with E-state index in [-0.39, 0.29) is 5.56 Å². The van der Waals surface area contributed by atoms with E-state index in [1.807, 2.05) is 12.3 Å². The molecule has 16 heavy (non-hydrogen) atoms. The Labute approximate surface area is 96.8 Å². The number of nitrogens with zero attached hydrogens (tertiary/aromatic N) is 1. The van der Waals surface area contributed by atoms with Crippen molar-refractivity contribution in [2.75, 3.05) is 0 Å². The van der Waals surface area contributed by atoms with Gasteiger partial charge in [0.1, 0.15) is 16.6 Å². The molecule has 2 aromatic rings. The molecular formula is C12H11F2NS. The highest BCUT2D eigenvalue weighted by Crippen LogP contribution is 2.29. The van der Waals surface area contributed by atoms with Gasteiger partial charge in [-0.25, -0.2) is 13.8 Å². The number of halogens is 2. The molecule has 1 aromatic carbocycles. The van der Waals surface area contributed by atoms with Crippen LogP contribution in [-0.2, 0) is 6.42 Å². The molecule has 4 heteroatoms. The molecule has 0 radical (unpaired) electrons. The first-order chi connectivity index (χ1) is 7.72. The standard InChI is InChI=1S/C12H11F2NS/c1-2-4-8-7-16-12(15-8)11-9(13)5-3-6-10(11)14/h3,5-7H,2,4H2,1H3. The second kappa shape index (κ2) is 4.70. The van der Waals surface area contributed by atoms with Crippen molar-refractivity contribution < 1.29 is 8.78 Å². The summed E-state index contributed by atoms with van der Waals surface area (Å²) in [6.07, 6.45) is 1.81. The predicted molar refractivity (Wildman–Crippen MR) is 61.5 cm³/mol. The molecule has 2 rings (SSSR count). The van der Waals surface area contributed by atoms with Crippen molar-refractivity contribution in [2.45, 2.75) is 19.8 Å². The number of thiazole rings is 1. The zero-order valence-corrected chi connectivity index (χ0v) is 9.65. The first-order valence-electron chi connectivity index (χ1n) is 5.11. The lowest BCUT2D eigenvalue weighted by Crippen LogP contribution is -1.90. The summed E-state index contributed by atoms with van der Waals surface area (Å²) in [4.78, 5) is 4.23. The van der Waals surface area contributed by atoms with Crippen molar-refractivity contribution in [2.24, 2.45) is 0 Å². The lowest BCUT2D eigenvalue weighted by atomic mass is 10.2. The average molecular weight is 239 g/mol. The summed E-state index contributed by atoms with van der Waals surface area (Å²) < 4.78 is 26.9. The van der Waals surface area contributed by atoms with Crippen LogP contribution in [0.5, 0.6) is 0 Å². The van der Waals surface area contributed by atoms with E-state index in [4.69, 9.17) is 0 Å². The summed E-state index contributed by atoms with van der Waals surface area (Å²) in [7, 11) is 0. The quantitative estimate of drug-likeness (QED) is 0.787. The maximum atomic E-state index is 13.5. The maximum Gasteiger partial charge on any atom is 0.136 e. The number of aromatic nitrogens is 1. The molecule has 0 aliphatic rings. The van der Waals surface area contributed by atoms with Crippen LogP contribution in [0.2, 0.25) is 0 Å². The van der Waals surface area contributed by atoms with Gasteiger partial charge in [0.2, 0.25) is 0 Å². The highest BCUT2D eigenvalue weighted by molar-refractivity contribution is 7.13. The van der Waals surface area contributed by atoms with Gasteiger partial charge in [0, 0.05) is 5.38 Å². The van der Waals surface area contributed by atoms with E-state index in [1.54, 1.807) is 0 Å². The number of hydrogen-bond acceptors (Lipinski definition) is 2. The van der Waals surface area contributed by atoms with Crippen LogP contribution in [0.1, 0.15) is 19.0 Å². The van der Waals surface area contributed by atoms with E-state index in [2.05, 4.69) is 4.98 Å². The molecule has 0 aliphatic heterocycles. The minimum atomic E-state index is -0.558.